The highest BCUT2D eigenvalue weighted by molar-refractivity contribution is 6.00. The quantitative estimate of drug-likeness (QED) is 0.510. The van der Waals surface area contributed by atoms with Crippen molar-refractivity contribution in [1.29, 1.82) is 0 Å². The van der Waals surface area contributed by atoms with Gasteiger partial charge in [0, 0.05) is 6.42 Å². The smallest absolute Gasteiger partial charge is 0.415 e. The summed E-state index contributed by atoms with van der Waals surface area (Å²) >= 11 is 0. The number of hydrogen-bond acceptors (Lipinski definition) is 6. The molecule has 1 atom stereocenters. The van der Waals surface area contributed by atoms with Crippen LogP contribution in [0.4, 0.5) is 10.5 Å². The average molecular weight is 455 g/mol. The van der Waals surface area contributed by atoms with Crippen LogP contribution in [0.15, 0.2) is 48.5 Å². The van der Waals surface area contributed by atoms with Crippen LogP contribution in [0.25, 0.3) is 0 Å². The first-order chi connectivity index (χ1) is 15.7. The van der Waals surface area contributed by atoms with Gasteiger partial charge in [0.15, 0.2) is 0 Å². The maximum absolute atomic E-state index is 12.9. The van der Waals surface area contributed by atoms with Gasteiger partial charge in [-0.1, -0.05) is 30.3 Å². The second kappa shape index (κ2) is 10.4. The largest absolute Gasteiger partial charge is 0.492 e. The number of amides is 2. The standard InChI is InChI=1S/C25H30N2O6/c1-25(2,3)33-24(30)27-20-8-6-5-7-18(20)16-21(27)23(29)26-13-14-32-19-11-9-17(10-12-19)15-22(28)31-4/h5-12,21H,13-16H2,1-4H3,(H,26,29)/t21-/m0/s1. The molecule has 0 aromatic heterocycles. The topological polar surface area (TPSA) is 94.2 Å². The van der Waals surface area contributed by atoms with E-state index < -0.39 is 17.7 Å². The van der Waals surface area contributed by atoms with E-state index in [1.807, 2.05) is 24.3 Å². The fourth-order valence-corrected chi connectivity index (χ4v) is 3.54. The molecule has 0 saturated heterocycles. The number of methoxy groups -OCH3 is 1. The Balaban J connectivity index is 1.55. The molecule has 0 unspecified atom stereocenters. The molecule has 0 aliphatic carbocycles. The van der Waals surface area contributed by atoms with E-state index >= 15 is 0 Å². The molecule has 8 heteroatoms. The molecular weight excluding hydrogens is 424 g/mol. The zero-order chi connectivity index (χ0) is 24.0. The summed E-state index contributed by atoms with van der Waals surface area (Å²) in [6.45, 7) is 5.91. The van der Waals surface area contributed by atoms with Gasteiger partial charge in [-0.25, -0.2) is 4.79 Å². The van der Waals surface area contributed by atoms with E-state index in [9.17, 15) is 14.4 Å². The van der Waals surface area contributed by atoms with Crippen LogP contribution in [-0.4, -0.2) is 49.9 Å². The fourth-order valence-electron chi connectivity index (χ4n) is 3.54. The van der Waals surface area contributed by atoms with Crippen LogP contribution < -0.4 is 15.0 Å². The Labute approximate surface area is 193 Å². The Bertz CT molecular complexity index is 997. The van der Waals surface area contributed by atoms with E-state index in [0.29, 0.717) is 17.9 Å². The van der Waals surface area contributed by atoms with Crippen LogP contribution in [0.5, 0.6) is 5.75 Å². The molecule has 1 N–H and O–H groups in total. The minimum atomic E-state index is -0.685. The number of nitrogens with one attached hydrogen (secondary N) is 1. The molecule has 0 spiro atoms. The lowest BCUT2D eigenvalue weighted by Crippen LogP contribution is -2.50. The van der Waals surface area contributed by atoms with Gasteiger partial charge in [0.05, 0.1) is 25.8 Å². The number of esters is 1. The lowest BCUT2D eigenvalue weighted by molar-refractivity contribution is -0.139. The number of carbonyl (C=O) groups is 3. The van der Waals surface area contributed by atoms with Gasteiger partial charge in [-0.15, -0.1) is 0 Å². The van der Waals surface area contributed by atoms with Crippen molar-refractivity contribution in [3.63, 3.8) is 0 Å². The second-order valence-corrected chi connectivity index (χ2v) is 8.74. The summed E-state index contributed by atoms with van der Waals surface area (Å²) in [5, 5.41) is 2.85. The lowest BCUT2D eigenvalue weighted by atomic mass is 10.1. The van der Waals surface area contributed by atoms with Gasteiger partial charge in [0.1, 0.15) is 24.0 Å². The van der Waals surface area contributed by atoms with Crippen LogP contribution in [0, 0.1) is 0 Å². The van der Waals surface area contributed by atoms with Crippen LogP contribution >= 0.6 is 0 Å². The number of ether oxygens (including phenoxy) is 3. The Morgan fingerprint density at radius 1 is 1.06 bits per heavy atom. The van der Waals surface area contributed by atoms with Gasteiger partial charge in [0.2, 0.25) is 5.91 Å². The summed E-state index contributed by atoms with van der Waals surface area (Å²) < 4.78 is 15.9. The van der Waals surface area contributed by atoms with E-state index in [2.05, 4.69) is 10.1 Å². The first-order valence-corrected chi connectivity index (χ1v) is 10.8. The highest BCUT2D eigenvalue weighted by atomic mass is 16.6. The van der Waals surface area contributed by atoms with Crippen molar-refractivity contribution < 1.29 is 28.6 Å². The third kappa shape index (κ3) is 6.47. The van der Waals surface area contributed by atoms with Crippen molar-refractivity contribution in [2.24, 2.45) is 0 Å². The van der Waals surface area contributed by atoms with Gasteiger partial charge in [-0.05, 0) is 50.1 Å². The molecule has 2 aromatic rings. The van der Waals surface area contributed by atoms with Crippen LogP contribution in [-0.2, 0) is 31.9 Å². The summed E-state index contributed by atoms with van der Waals surface area (Å²) in [5.74, 6) is 0.0523. The van der Waals surface area contributed by atoms with Gasteiger partial charge < -0.3 is 19.5 Å². The van der Waals surface area contributed by atoms with Crippen molar-refractivity contribution in [2.45, 2.75) is 45.3 Å². The first-order valence-electron chi connectivity index (χ1n) is 10.8. The number of nitrogens with zero attached hydrogens (tertiary/aromatic N) is 1. The monoisotopic (exact) mass is 454 g/mol. The number of para-hydroxylation sites is 1. The molecule has 8 nitrogen and oxygen atoms in total. The van der Waals surface area contributed by atoms with Crippen molar-refractivity contribution in [2.75, 3.05) is 25.2 Å². The highest BCUT2D eigenvalue weighted by Gasteiger charge is 2.40. The molecule has 2 amide bonds. The predicted octanol–water partition coefficient (Wildman–Crippen LogP) is 3.26. The summed E-state index contributed by atoms with van der Waals surface area (Å²) in [4.78, 5) is 38.5. The fraction of sp³-hybridized carbons (Fsp3) is 0.400. The molecule has 0 fully saturated rings. The van der Waals surface area contributed by atoms with Crippen LogP contribution in [0.3, 0.4) is 0 Å². The summed E-state index contributed by atoms with van der Waals surface area (Å²) in [7, 11) is 1.35. The predicted molar refractivity (Wildman–Crippen MR) is 123 cm³/mol. The number of rotatable bonds is 7. The first kappa shape index (κ1) is 24.1. The molecule has 1 aliphatic heterocycles. The SMILES string of the molecule is COC(=O)Cc1ccc(OCCNC(=O)[C@@H]2Cc3ccccc3N2C(=O)OC(C)(C)C)cc1. The molecule has 0 saturated carbocycles. The Morgan fingerprint density at radius 2 is 1.76 bits per heavy atom. The van der Waals surface area contributed by atoms with Crippen molar-refractivity contribution in [3.8, 4) is 5.75 Å². The zero-order valence-electron chi connectivity index (χ0n) is 19.4. The van der Waals surface area contributed by atoms with Crippen molar-refractivity contribution in [3.05, 3.63) is 59.7 Å². The molecule has 176 valence electrons. The zero-order valence-corrected chi connectivity index (χ0v) is 19.4. The number of fused-ring (bicyclic) bond motifs is 1. The maximum Gasteiger partial charge on any atom is 0.415 e. The van der Waals surface area contributed by atoms with Gasteiger partial charge >= 0.3 is 12.1 Å². The van der Waals surface area contributed by atoms with Crippen molar-refractivity contribution >= 4 is 23.7 Å². The molecule has 2 aromatic carbocycles. The molecule has 3 rings (SSSR count). The molecule has 0 radical (unpaired) electrons. The average Bonchev–Trinajstić information content (AvgIpc) is 3.16. The molecule has 1 aliphatic rings. The van der Waals surface area contributed by atoms with E-state index in [1.165, 1.54) is 12.0 Å². The third-order valence-corrected chi connectivity index (χ3v) is 5.04. The Hall–Kier alpha value is -3.55. The summed E-state index contributed by atoms with van der Waals surface area (Å²) in [6, 6.07) is 13.9. The maximum atomic E-state index is 12.9. The lowest BCUT2D eigenvalue weighted by Gasteiger charge is -2.28. The van der Waals surface area contributed by atoms with E-state index in [4.69, 9.17) is 9.47 Å². The van der Waals surface area contributed by atoms with Crippen LogP contribution in [0.1, 0.15) is 31.9 Å². The van der Waals surface area contributed by atoms with Crippen molar-refractivity contribution in [1.82, 2.24) is 5.32 Å². The van der Waals surface area contributed by atoms with Gasteiger partial charge in [-0.2, -0.15) is 0 Å². The Kier molecular flexibility index (Phi) is 7.58. The number of carbonyl (C=O) groups excluding carboxylic acids is 3. The van der Waals surface area contributed by atoms with Gasteiger partial charge in [-0.3, -0.25) is 14.5 Å². The summed E-state index contributed by atoms with van der Waals surface area (Å²) in [5.41, 5.74) is 1.77. The summed E-state index contributed by atoms with van der Waals surface area (Å²) in [6.07, 6.45) is 0.0741. The minimum absolute atomic E-state index is 0.199. The van der Waals surface area contributed by atoms with E-state index in [-0.39, 0.29) is 31.4 Å². The van der Waals surface area contributed by atoms with E-state index in [1.54, 1.807) is 45.0 Å². The molecule has 1 heterocycles. The number of anilines is 1. The second-order valence-electron chi connectivity index (χ2n) is 8.74. The number of hydrogen-bond donors (Lipinski definition) is 1. The number of benzene rings is 2. The Morgan fingerprint density at radius 3 is 2.42 bits per heavy atom. The molecule has 0 bridgehead atoms. The molecular formula is C25H30N2O6. The third-order valence-electron chi connectivity index (χ3n) is 5.04. The highest BCUT2D eigenvalue weighted by Crippen LogP contribution is 2.33. The van der Waals surface area contributed by atoms with Gasteiger partial charge in [0.25, 0.3) is 0 Å². The van der Waals surface area contributed by atoms with E-state index in [0.717, 1.165) is 11.1 Å². The normalized spacial score (nSPS) is 14.9. The minimum Gasteiger partial charge on any atom is -0.492 e. The van der Waals surface area contributed by atoms with Crippen LogP contribution in [0.2, 0.25) is 0 Å². The molecule has 33 heavy (non-hydrogen) atoms.